The van der Waals surface area contributed by atoms with E-state index in [2.05, 4.69) is 9.97 Å². The van der Waals surface area contributed by atoms with E-state index in [0.717, 1.165) is 22.0 Å². The van der Waals surface area contributed by atoms with E-state index in [4.69, 9.17) is 0 Å². The van der Waals surface area contributed by atoms with Crippen molar-refractivity contribution in [2.45, 2.75) is 13.3 Å². The van der Waals surface area contributed by atoms with Crippen LogP contribution >= 0.6 is 0 Å². The second-order valence-corrected chi connectivity index (χ2v) is 6.14. The lowest BCUT2D eigenvalue weighted by atomic mass is 10.0. The highest BCUT2D eigenvalue weighted by molar-refractivity contribution is 6.05. The minimum atomic E-state index is -1.16. The van der Waals surface area contributed by atoms with Crippen LogP contribution in [0.3, 0.4) is 0 Å². The van der Waals surface area contributed by atoms with E-state index in [0.29, 0.717) is 23.0 Å². The molecule has 2 heterocycles. The topological polar surface area (TPSA) is 86.2 Å². The minimum absolute atomic E-state index is 0.0974. The number of carbonyl (C=O) groups is 1. The molecule has 0 radical (unpaired) electrons. The summed E-state index contributed by atoms with van der Waals surface area (Å²) < 4.78 is 0. The SMILES string of the molecule is Cc1ccc2c(C(=O)O)c(O)c(Cc3c[nH]c4ccccc34)nc2c1. The zero-order chi connectivity index (χ0) is 17.6. The van der Waals surface area contributed by atoms with Crippen molar-refractivity contribution in [3.05, 3.63) is 71.0 Å². The lowest BCUT2D eigenvalue weighted by Gasteiger charge is -2.11. The van der Waals surface area contributed by atoms with Gasteiger partial charge in [-0.05, 0) is 30.2 Å². The number of H-pyrrole nitrogens is 1. The van der Waals surface area contributed by atoms with Gasteiger partial charge in [0.2, 0.25) is 0 Å². The van der Waals surface area contributed by atoms with Gasteiger partial charge in [0, 0.05) is 28.9 Å². The summed E-state index contributed by atoms with van der Waals surface area (Å²) >= 11 is 0. The lowest BCUT2D eigenvalue weighted by Crippen LogP contribution is -2.04. The molecular weight excluding hydrogens is 316 g/mol. The number of carboxylic acid groups (broad SMARTS) is 1. The molecule has 4 rings (SSSR count). The predicted molar refractivity (Wildman–Crippen MR) is 96.2 cm³/mol. The normalized spacial score (nSPS) is 11.2. The molecule has 3 N–H and O–H groups in total. The molecule has 0 atom stereocenters. The number of rotatable bonds is 3. The highest BCUT2D eigenvalue weighted by Gasteiger charge is 2.20. The maximum atomic E-state index is 11.7. The molecule has 0 aliphatic heterocycles. The Balaban J connectivity index is 1.92. The van der Waals surface area contributed by atoms with Gasteiger partial charge < -0.3 is 15.2 Å². The van der Waals surface area contributed by atoms with E-state index in [9.17, 15) is 15.0 Å². The number of hydrogen-bond donors (Lipinski definition) is 3. The van der Waals surface area contributed by atoms with Crippen LogP contribution < -0.4 is 0 Å². The Bertz CT molecular complexity index is 1130. The third-order valence-corrected chi connectivity index (χ3v) is 4.43. The van der Waals surface area contributed by atoms with E-state index < -0.39 is 5.97 Å². The molecule has 0 saturated heterocycles. The third-order valence-electron chi connectivity index (χ3n) is 4.43. The van der Waals surface area contributed by atoms with Crippen LogP contribution in [0.5, 0.6) is 5.75 Å². The monoisotopic (exact) mass is 332 g/mol. The molecule has 0 fully saturated rings. The number of nitrogens with zero attached hydrogens (tertiary/aromatic N) is 1. The average Bonchev–Trinajstić information content (AvgIpc) is 2.99. The van der Waals surface area contributed by atoms with Gasteiger partial charge >= 0.3 is 5.97 Å². The number of carboxylic acids is 1. The number of benzene rings is 2. The van der Waals surface area contributed by atoms with Gasteiger partial charge in [0.05, 0.1) is 11.2 Å². The molecule has 0 aliphatic rings. The number of para-hydroxylation sites is 1. The predicted octanol–water partition coefficient (Wildman–Crippen LogP) is 4.02. The Morgan fingerprint density at radius 3 is 2.76 bits per heavy atom. The lowest BCUT2D eigenvalue weighted by molar-refractivity contribution is 0.0695. The maximum Gasteiger partial charge on any atom is 0.340 e. The molecule has 0 aliphatic carbocycles. The van der Waals surface area contributed by atoms with Gasteiger partial charge in [-0.3, -0.25) is 0 Å². The summed E-state index contributed by atoms with van der Waals surface area (Å²) in [5.41, 5.74) is 3.78. The number of aromatic nitrogens is 2. The first-order chi connectivity index (χ1) is 12.0. The molecule has 0 bridgehead atoms. The van der Waals surface area contributed by atoms with Crippen molar-refractivity contribution < 1.29 is 15.0 Å². The number of aromatic amines is 1. The third kappa shape index (κ3) is 2.50. The van der Waals surface area contributed by atoms with Crippen molar-refractivity contribution in [2.24, 2.45) is 0 Å². The highest BCUT2D eigenvalue weighted by Crippen LogP contribution is 2.32. The summed E-state index contributed by atoms with van der Waals surface area (Å²) in [5.74, 6) is -1.43. The molecule has 0 spiro atoms. The molecule has 2 aromatic carbocycles. The van der Waals surface area contributed by atoms with E-state index >= 15 is 0 Å². The second-order valence-electron chi connectivity index (χ2n) is 6.14. The minimum Gasteiger partial charge on any atom is -0.505 e. The summed E-state index contributed by atoms with van der Waals surface area (Å²) in [7, 11) is 0. The standard InChI is InChI=1S/C20H16N2O3/c1-11-6-7-14-16(8-11)22-17(19(23)18(14)20(24)25)9-12-10-21-15-5-3-2-4-13(12)15/h2-8,10,21,23H,9H2,1H3,(H,24,25). The van der Waals surface area contributed by atoms with Crippen molar-refractivity contribution in [3.63, 3.8) is 0 Å². The quantitative estimate of drug-likeness (QED) is 0.529. The Kier molecular flexibility index (Phi) is 3.42. The van der Waals surface area contributed by atoms with Gasteiger partial charge in [0.25, 0.3) is 0 Å². The average molecular weight is 332 g/mol. The van der Waals surface area contributed by atoms with Gasteiger partial charge in [0.15, 0.2) is 5.75 Å². The smallest absolute Gasteiger partial charge is 0.340 e. The summed E-state index contributed by atoms with van der Waals surface area (Å²) in [6.07, 6.45) is 2.21. The molecule has 0 unspecified atom stereocenters. The van der Waals surface area contributed by atoms with Crippen molar-refractivity contribution in [1.82, 2.24) is 9.97 Å². The number of hydrogen-bond acceptors (Lipinski definition) is 3. The molecule has 5 heteroatoms. The Morgan fingerprint density at radius 2 is 1.96 bits per heavy atom. The molecule has 0 saturated carbocycles. The van der Waals surface area contributed by atoms with Crippen LogP contribution in [0.2, 0.25) is 0 Å². The molecule has 4 aromatic rings. The zero-order valence-corrected chi connectivity index (χ0v) is 13.6. The highest BCUT2D eigenvalue weighted by atomic mass is 16.4. The number of fused-ring (bicyclic) bond motifs is 2. The molecule has 0 amide bonds. The van der Waals surface area contributed by atoms with E-state index in [1.807, 2.05) is 49.5 Å². The van der Waals surface area contributed by atoms with E-state index in [1.165, 1.54) is 0 Å². The first kappa shape index (κ1) is 15.2. The van der Waals surface area contributed by atoms with Gasteiger partial charge in [-0.25, -0.2) is 9.78 Å². The number of aromatic hydroxyl groups is 1. The Hall–Kier alpha value is -3.34. The Labute approximate surface area is 143 Å². The molecule has 5 nitrogen and oxygen atoms in total. The number of aryl methyl sites for hydroxylation is 1. The van der Waals surface area contributed by atoms with Crippen LogP contribution in [0.4, 0.5) is 0 Å². The van der Waals surface area contributed by atoms with Crippen molar-refractivity contribution in [3.8, 4) is 5.75 Å². The van der Waals surface area contributed by atoms with Crippen LogP contribution in [0.15, 0.2) is 48.7 Å². The largest absolute Gasteiger partial charge is 0.505 e. The van der Waals surface area contributed by atoms with Crippen molar-refractivity contribution in [1.29, 1.82) is 0 Å². The maximum absolute atomic E-state index is 11.7. The molecule has 25 heavy (non-hydrogen) atoms. The van der Waals surface area contributed by atoms with Crippen LogP contribution in [0.1, 0.15) is 27.2 Å². The number of nitrogens with one attached hydrogen (secondary N) is 1. The summed E-state index contributed by atoms with van der Waals surface area (Å²) in [6, 6.07) is 13.2. The van der Waals surface area contributed by atoms with E-state index in [-0.39, 0.29) is 11.3 Å². The van der Waals surface area contributed by atoms with Gasteiger partial charge in [0.1, 0.15) is 5.56 Å². The summed E-state index contributed by atoms with van der Waals surface area (Å²) in [5, 5.41) is 21.6. The van der Waals surface area contributed by atoms with Crippen LogP contribution in [0, 0.1) is 6.92 Å². The fourth-order valence-electron chi connectivity index (χ4n) is 3.21. The van der Waals surface area contributed by atoms with E-state index in [1.54, 1.807) is 6.07 Å². The van der Waals surface area contributed by atoms with Crippen LogP contribution in [-0.2, 0) is 6.42 Å². The first-order valence-corrected chi connectivity index (χ1v) is 7.95. The zero-order valence-electron chi connectivity index (χ0n) is 13.6. The summed E-state index contributed by atoms with van der Waals surface area (Å²) in [6.45, 7) is 1.92. The van der Waals surface area contributed by atoms with Crippen molar-refractivity contribution in [2.75, 3.05) is 0 Å². The van der Waals surface area contributed by atoms with Crippen LogP contribution in [0.25, 0.3) is 21.8 Å². The fraction of sp³-hybridized carbons (Fsp3) is 0.100. The molecule has 124 valence electrons. The Morgan fingerprint density at radius 1 is 1.16 bits per heavy atom. The van der Waals surface area contributed by atoms with Gasteiger partial charge in [-0.15, -0.1) is 0 Å². The number of aromatic carboxylic acids is 1. The fourth-order valence-corrected chi connectivity index (χ4v) is 3.21. The van der Waals surface area contributed by atoms with Gasteiger partial charge in [-0.2, -0.15) is 0 Å². The summed E-state index contributed by atoms with van der Waals surface area (Å²) in [4.78, 5) is 19.4. The van der Waals surface area contributed by atoms with Gasteiger partial charge in [-0.1, -0.05) is 30.3 Å². The molecule has 2 aromatic heterocycles. The van der Waals surface area contributed by atoms with Crippen molar-refractivity contribution >= 4 is 27.8 Å². The molecular formula is C20H16N2O3. The second kappa shape index (κ2) is 5.63. The number of pyridine rings is 1. The van der Waals surface area contributed by atoms with Crippen LogP contribution in [-0.4, -0.2) is 26.2 Å². The first-order valence-electron chi connectivity index (χ1n) is 7.95.